The van der Waals surface area contributed by atoms with E-state index < -0.39 is 97.5 Å². The first-order valence-corrected chi connectivity index (χ1v) is 43.8. The fourth-order valence-corrected chi connectivity index (χ4v) is 13.7. The van der Waals surface area contributed by atoms with Gasteiger partial charge in [0.05, 0.1) is 26.4 Å². The second-order valence-corrected chi connectivity index (χ2v) is 31.0. The van der Waals surface area contributed by atoms with Crippen molar-refractivity contribution < 1.29 is 80.2 Å². The molecule has 0 amide bonds. The number of hydrogen-bond donors (Lipinski definition) is 3. The van der Waals surface area contributed by atoms with E-state index in [9.17, 15) is 43.2 Å². The number of rotatable bonds is 79. The molecular formula is C78H152O17P2. The highest BCUT2D eigenvalue weighted by molar-refractivity contribution is 7.47. The summed E-state index contributed by atoms with van der Waals surface area (Å²) in [7, 11) is -9.91. The lowest BCUT2D eigenvalue weighted by Gasteiger charge is -2.21. The van der Waals surface area contributed by atoms with Crippen LogP contribution in [0.15, 0.2) is 0 Å². The Morgan fingerprint density at radius 1 is 0.247 bits per heavy atom. The molecule has 576 valence electrons. The molecule has 0 aromatic rings. The third-order valence-corrected chi connectivity index (χ3v) is 20.3. The Hall–Kier alpha value is -1.94. The number of carbonyl (C=O) groups excluding carboxylic acids is 4. The second-order valence-electron chi connectivity index (χ2n) is 28.1. The number of carbonyl (C=O) groups is 4. The highest BCUT2D eigenvalue weighted by Gasteiger charge is 2.30. The zero-order valence-corrected chi connectivity index (χ0v) is 64.8. The largest absolute Gasteiger partial charge is 0.472 e. The van der Waals surface area contributed by atoms with Crippen molar-refractivity contribution in [2.45, 2.75) is 438 Å². The molecule has 19 heteroatoms. The van der Waals surface area contributed by atoms with Crippen LogP contribution in [0.25, 0.3) is 0 Å². The summed E-state index contributed by atoms with van der Waals surface area (Å²) in [5.74, 6) is -2.11. The highest BCUT2D eigenvalue weighted by atomic mass is 31.2. The van der Waals surface area contributed by atoms with Crippen LogP contribution in [-0.2, 0) is 65.4 Å². The smallest absolute Gasteiger partial charge is 0.462 e. The summed E-state index contributed by atoms with van der Waals surface area (Å²) in [4.78, 5) is 72.9. The molecule has 0 aliphatic rings. The molecule has 5 atom stereocenters. The fraction of sp³-hybridized carbons (Fsp3) is 0.949. The van der Waals surface area contributed by atoms with Crippen molar-refractivity contribution in [1.82, 2.24) is 0 Å². The number of phosphoric acid groups is 2. The van der Waals surface area contributed by atoms with Crippen LogP contribution in [0.3, 0.4) is 0 Å². The van der Waals surface area contributed by atoms with Gasteiger partial charge in [0, 0.05) is 25.7 Å². The van der Waals surface area contributed by atoms with Gasteiger partial charge in [-0.15, -0.1) is 0 Å². The molecular weight excluding hydrogens is 1270 g/mol. The maximum atomic E-state index is 13.1. The van der Waals surface area contributed by atoms with Crippen molar-refractivity contribution >= 4 is 39.5 Å². The first kappa shape index (κ1) is 95.1. The standard InChI is InChI=1S/C78H152O17P2/c1-5-9-13-17-21-25-29-33-35-36-37-39-41-45-49-53-57-61-65-78(83)95-74(69-89-76(81)63-59-55-51-47-44-40-38-34-30-26-22-18-14-10-6-2)71-93-97(86,87)91-67-72(79)66-90-96(84,85)92-70-73(94-77(82)64-60-56-52-48-43-32-28-24-20-16-12-8-4)68-88-75(80)62-58-54-50-46-42-31-27-23-19-15-11-7-3/h72-74,79H,5-71H2,1-4H3,(H,84,85)(H,86,87)/t72-,73+,74+/m0/s1. The lowest BCUT2D eigenvalue weighted by Crippen LogP contribution is -2.30. The number of aliphatic hydroxyl groups is 1. The average Bonchev–Trinajstić information content (AvgIpc) is 2.12. The van der Waals surface area contributed by atoms with E-state index in [4.69, 9.17) is 37.0 Å². The molecule has 0 spiro atoms. The number of ether oxygens (including phenoxy) is 4. The molecule has 0 saturated heterocycles. The zero-order valence-electron chi connectivity index (χ0n) is 63.1. The summed E-state index contributed by atoms with van der Waals surface area (Å²) in [5.41, 5.74) is 0. The maximum absolute atomic E-state index is 13.1. The van der Waals surface area contributed by atoms with Gasteiger partial charge < -0.3 is 33.8 Å². The quantitative estimate of drug-likeness (QED) is 0.0222. The number of phosphoric ester groups is 2. The van der Waals surface area contributed by atoms with E-state index >= 15 is 0 Å². The van der Waals surface area contributed by atoms with Crippen molar-refractivity contribution in [3.8, 4) is 0 Å². The van der Waals surface area contributed by atoms with Crippen LogP contribution in [0.5, 0.6) is 0 Å². The van der Waals surface area contributed by atoms with Gasteiger partial charge in [0.2, 0.25) is 0 Å². The molecule has 0 aromatic heterocycles. The molecule has 0 saturated carbocycles. The van der Waals surface area contributed by atoms with Crippen molar-refractivity contribution in [2.75, 3.05) is 39.6 Å². The van der Waals surface area contributed by atoms with Crippen LogP contribution in [0, 0.1) is 0 Å². The Balaban J connectivity index is 5.24. The minimum absolute atomic E-state index is 0.108. The highest BCUT2D eigenvalue weighted by Crippen LogP contribution is 2.45. The first-order valence-electron chi connectivity index (χ1n) is 40.8. The van der Waals surface area contributed by atoms with Gasteiger partial charge in [-0.2, -0.15) is 0 Å². The number of aliphatic hydroxyl groups excluding tert-OH is 1. The summed E-state index contributed by atoms with van der Waals surface area (Å²) in [6.07, 6.45) is 63.6. The number of unbranched alkanes of at least 4 members (excludes halogenated alkanes) is 53. The average molecular weight is 1420 g/mol. The van der Waals surface area contributed by atoms with E-state index in [1.54, 1.807) is 0 Å². The zero-order chi connectivity index (χ0) is 71.1. The van der Waals surface area contributed by atoms with Crippen molar-refractivity contribution in [1.29, 1.82) is 0 Å². The maximum Gasteiger partial charge on any atom is 0.472 e. The normalized spacial score (nSPS) is 13.8. The van der Waals surface area contributed by atoms with Crippen molar-refractivity contribution in [2.24, 2.45) is 0 Å². The SMILES string of the molecule is CCCCCCCCCCCCCCCCCCCCC(=O)O[C@H](COC(=O)CCCCCCCCCCCCCCCCC)COP(=O)(O)OC[C@@H](O)COP(=O)(O)OC[C@@H](COC(=O)CCCCCCCCCCCCCC)OC(=O)CCCCCCCCCCCCCC. The molecule has 17 nitrogen and oxygen atoms in total. The fourth-order valence-electron chi connectivity index (χ4n) is 12.1. The predicted octanol–water partition coefficient (Wildman–Crippen LogP) is 23.4. The van der Waals surface area contributed by atoms with Crippen LogP contribution in [-0.4, -0.2) is 96.7 Å². The van der Waals surface area contributed by atoms with Crippen molar-refractivity contribution in [3.05, 3.63) is 0 Å². The van der Waals surface area contributed by atoms with Gasteiger partial charge in [-0.05, 0) is 25.7 Å². The van der Waals surface area contributed by atoms with E-state index in [2.05, 4.69) is 27.7 Å². The van der Waals surface area contributed by atoms with E-state index in [0.29, 0.717) is 25.7 Å². The van der Waals surface area contributed by atoms with E-state index in [-0.39, 0.29) is 25.7 Å². The molecule has 0 aliphatic carbocycles. The van der Waals surface area contributed by atoms with Gasteiger partial charge in [-0.3, -0.25) is 37.3 Å². The molecule has 0 rings (SSSR count). The lowest BCUT2D eigenvalue weighted by molar-refractivity contribution is -0.161. The van der Waals surface area contributed by atoms with Gasteiger partial charge in [0.15, 0.2) is 12.2 Å². The van der Waals surface area contributed by atoms with Gasteiger partial charge >= 0.3 is 39.5 Å². The second kappa shape index (κ2) is 72.4. The molecule has 3 N–H and O–H groups in total. The molecule has 0 aromatic carbocycles. The summed E-state index contributed by atoms with van der Waals surface area (Å²) in [6, 6.07) is 0. The Kier molecular flexibility index (Phi) is 71.0. The number of esters is 4. The molecule has 0 radical (unpaired) electrons. The van der Waals surface area contributed by atoms with Gasteiger partial charge in [0.1, 0.15) is 19.3 Å². The topological polar surface area (TPSA) is 237 Å². The number of hydrogen-bond acceptors (Lipinski definition) is 15. The monoisotopic (exact) mass is 1420 g/mol. The molecule has 0 aliphatic heterocycles. The van der Waals surface area contributed by atoms with Crippen molar-refractivity contribution in [3.63, 3.8) is 0 Å². The Morgan fingerprint density at radius 3 is 0.608 bits per heavy atom. The van der Waals surface area contributed by atoms with Gasteiger partial charge in [0.25, 0.3) is 0 Å². The first-order chi connectivity index (χ1) is 47.2. The summed E-state index contributed by atoms with van der Waals surface area (Å²) < 4.78 is 68.6. The summed E-state index contributed by atoms with van der Waals surface area (Å²) in [5, 5.41) is 10.6. The minimum Gasteiger partial charge on any atom is -0.462 e. The molecule has 0 fully saturated rings. The van der Waals surface area contributed by atoms with Crippen LogP contribution in [0.2, 0.25) is 0 Å². The van der Waals surface area contributed by atoms with E-state index in [1.807, 2.05) is 0 Å². The molecule has 97 heavy (non-hydrogen) atoms. The Labute approximate surface area is 594 Å². The predicted molar refractivity (Wildman–Crippen MR) is 395 cm³/mol. The summed E-state index contributed by atoms with van der Waals surface area (Å²) >= 11 is 0. The molecule has 2 unspecified atom stereocenters. The van der Waals surface area contributed by atoms with E-state index in [1.165, 1.54) is 250 Å². The van der Waals surface area contributed by atoms with E-state index in [0.717, 1.165) is 89.9 Å². The molecule has 0 bridgehead atoms. The van der Waals surface area contributed by atoms with Crippen LogP contribution < -0.4 is 0 Å². The van der Waals surface area contributed by atoms with Gasteiger partial charge in [-0.25, -0.2) is 9.13 Å². The van der Waals surface area contributed by atoms with Gasteiger partial charge in [-0.1, -0.05) is 368 Å². The third kappa shape index (κ3) is 72.2. The lowest BCUT2D eigenvalue weighted by atomic mass is 10.0. The van der Waals surface area contributed by atoms with Crippen LogP contribution in [0.4, 0.5) is 0 Å². The Bertz CT molecular complexity index is 1840. The van der Waals surface area contributed by atoms with Crippen LogP contribution >= 0.6 is 15.6 Å². The van der Waals surface area contributed by atoms with Crippen LogP contribution in [0.1, 0.15) is 419 Å². The molecule has 0 heterocycles. The Morgan fingerprint density at radius 2 is 0.412 bits per heavy atom. The third-order valence-electron chi connectivity index (χ3n) is 18.4. The minimum atomic E-state index is -4.96. The summed E-state index contributed by atoms with van der Waals surface area (Å²) in [6.45, 7) is 5.01.